The molecule has 2 aromatic heterocycles. The minimum atomic E-state index is 0.863. The van der Waals surface area contributed by atoms with Crippen LogP contribution in [0.5, 0.6) is 0 Å². The van der Waals surface area contributed by atoms with Gasteiger partial charge in [0.1, 0.15) is 12.2 Å². The Morgan fingerprint density at radius 1 is 0.697 bits per heavy atom. The Bertz CT molecular complexity index is 1790. The van der Waals surface area contributed by atoms with Crippen molar-refractivity contribution in [2.75, 3.05) is 0 Å². The van der Waals surface area contributed by atoms with Crippen LogP contribution in [-0.4, -0.2) is 19.5 Å². The quantitative estimate of drug-likeness (QED) is 0.319. The maximum absolute atomic E-state index is 4.99. The summed E-state index contributed by atoms with van der Waals surface area (Å²) in [5.74, 6) is 0.863. The van der Waals surface area contributed by atoms with Crippen LogP contribution in [0.3, 0.4) is 0 Å². The third kappa shape index (κ3) is 2.84. The molecule has 0 amide bonds. The number of hydrogen-bond acceptors (Lipinski definition) is 2. The van der Waals surface area contributed by atoms with Crippen molar-refractivity contribution in [3.63, 3.8) is 0 Å². The number of aromatic nitrogens is 4. The summed E-state index contributed by atoms with van der Waals surface area (Å²) in [4.78, 5) is 13.3. The van der Waals surface area contributed by atoms with E-state index in [2.05, 4.69) is 107 Å². The summed E-state index contributed by atoms with van der Waals surface area (Å²) in [5.41, 5.74) is 7.38. The normalized spacial score (nSPS) is 11.8. The number of aromatic amines is 1. The van der Waals surface area contributed by atoms with Gasteiger partial charge in [-0.05, 0) is 64.9 Å². The molecule has 0 spiro atoms. The van der Waals surface area contributed by atoms with Crippen molar-refractivity contribution in [3.05, 3.63) is 103 Å². The first kappa shape index (κ1) is 18.2. The molecule has 4 nitrogen and oxygen atoms in total. The van der Waals surface area contributed by atoms with Crippen molar-refractivity contribution in [3.8, 4) is 17.1 Å². The molecule has 1 N–H and O–H groups in total. The van der Waals surface area contributed by atoms with Gasteiger partial charge in [-0.15, -0.1) is 0 Å². The van der Waals surface area contributed by atoms with E-state index < -0.39 is 0 Å². The number of benzene rings is 5. The van der Waals surface area contributed by atoms with Gasteiger partial charge < -0.3 is 4.98 Å². The number of hydrogen-bond donors (Lipinski definition) is 1. The summed E-state index contributed by atoms with van der Waals surface area (Å²) >= 11 is 0. The summed E-state index contributed by atoms with van der Waals surface area (Å²) in [6, 6.07) is 32.0. The number of imidazole rings is 2. The van der Waals surface area contributed by atoms with Crippen LogP contribution in [-0.2, 0) is 0 Å². The van der Waals surface area contributed by atoms with Gasteiger partial charge in [-0.25, -0.2) is 9.97 Å². The third-order valence-corrected chi connectivity index (χ3v) is 6.43. The highest BCUT2D eigenvalue weighted by Crippen LogP contribution is 2.32. The van der Waals surface area contributed by atoms with Crippen LogP contribution in [0.4, 0.5) is 0 Å². The molecule has 0 saturated heterocycles. The lowest BCUT2D eigenvalue weighted by Gasteiger charge is -2.11. The number of H-pyrrole nitrogens is 1. The molecule has 0 aliphatic carbocycles. The van der Waals surface area contributed by atoms with E-state index in [1.54, 1.807) is 0 Å². The van der Waals surface area contributed by atoms with E-state index >= 15 is 0 Å². The zero-order chi connectivity index (χ0) is 21.9. The van der Waals surface area contributed by atoms with Crippen molar-refractivity contribution < 1.29 is 0 Å². The van der Waals surface area contributed by atoms with Crippen LogP contribution >= 0.6 is 0 Å². The van der Waals surface area contributed by atoms with Crippen LogP contribution in [0, 0.1) is 6.92 Å². The Kier molecular flexibility index (Phi) is 3.73. The molecule has 156 valence electrons. The van der Waals surface area contributed by atoms with Crippen LogP contribution < -0.4 is 0 Å². The van der Waals surface area contributed by atoms with Crippen molar-refractivity contribution in [1.29, 1.82) is 0 Å². The second-order valence-electron chi connectivity index (χ2n) is 8.63. The average molecular weight is 425 g/mol. The fraction of sp³-hybridized carbons (Fsp3) is 0.0345. The Hall–Kier alpha value is -4.44. The van der Waals surface area contributed by atoms with E-state index in [1.807, 2.05) is 6.33 Å². The van der Waals surface area contributed by atoms with E-state index in [-0.39, 0.29) is 0 Å². The summed E-state index contributed by atoms with van der Waals surface area (Å²) < 4.78 is 2.17. The highest BCUT2D eigenvalue weighted by Gasteiger charge is 2.15. The molecule has 33 heavy (non-hydrogen) atoms. The van der Waals surface area contributed by atoms with Crippen LogP contribution in [0.2, 0.25) is 0 Å². The molecule has 0 aliphatic rings. The number of nitrogens with zero attached hydrogens (tertiary/aromatic N) is 3. The maximum Gasteiger partial charge on any atom is 0.140 e. The largest absolute Gasteiger partial charge is 0.338 e. The van der Waals surface area contributed by atoms with E-state index in [0.717, 1.165) is 39.1 Å². The molecule has 7 rings (SSSR count). The Balaban J connectivity index is 1.47. The summed E-state index contributed by atoms with van der Waals surface area (Å²) in [6.45, 7) is 2.11. The van der Waals surface area contributed by atoms with E-state index in [1.165, 1.54) is 27.1 Å². The zero-order valence-electron chi connectivity index (χ0n) is 18.1. The first-order chi connectivity index (χ1) is 16.2. The zero-order valence-corrected chi connectivity index (χ0v) is 18.1. The monoisotopic (exact) mass is 424 g/mol. The van der Waals surface area contributed by atoms with Crippen molar-refractivity contribution in [2.24, 2.45) is 0 Å². The van der Waals surface area contributed by atoms with Crippen molar-refractivity contribution in [1.82, 2.24) is 19.5 Å². The standard InChI is InChI=1S/C29H20N4/c1-18-10-11-27(33-17-30-26-15-21-8-4-5-9-22(21)16-28(26)33)23(12-18)29-31-24-13-19-6-2-3-7-20(19)14-25(24)32-29/h2-17H,1H3,(H,31,32). The molecule has 0 aliphatic heterocycles. The fourth-order valence-corrected chi connectivity index (χ4v) is 4.76. The van der Waals surface area contributed by atoms with Crippen molar-refractivity contribution in [2.45, 2.75) is 6.92 Å². The van der Waals surface area contributed by atoms with Crippen LogP contribution in [0.25, 0.3) is 60.7 Å². The second-order valence-corrected chi connectivity index (χ2v) is 8.63. The summed E-state index contributed by atoms with van der Waals surface area (Å²) in [6.07, 6.45) is 1.91. The van der Waals surface area contributed by atoms with Crippen LogP contribution in [0.15, 0.2) is 97.3 Å². The maximum atomic E-state index is 4.99. The van der Waals surface area contributed by atoms with E-state index in [4.69, 9.17) is 9.97 Å². The molecular weight excluding hydrogens is 404 g/mol. The van der Waals surface area contributed by atoms with Gasteiger partial charge in [0.25, 0.3) is 0 Å². The predicted molar refractivity (Wildman–Crippen MR) is 136 cm³/mol. The Morgan fingerprint density at radius 2 is 1.36 bits per heavy atom. The molecule has 2 heterocycles. The lowest BCUT2D eigenvalue weighted by molar-refractivity contribution is 1.09. The molecule has 0 bridgehead atoms. The lowest BCUT2D eigenvalue weighted by atomic mass is 10.1. The molecule has 4 heteroatoms. The summed E-state index contributed by atoms with van der Waals surface area (Å²) in [7, 11) is 0. The first-order valence-corrected chi connectivity index (χ1v) is 11.1. The molecule has 0 radical (unpaired) electrons. The van der Waals surface area contributed by atoms with Gasteiger partial charge in [0.05, 0.1) is 27.8 Å². The van der Waals surface area contributed by atoms with Crippen LogP contribution in [0.1, 0.15) is 5.56 Å². The molecule has 0 fully saturated rings. The smallest absolute Gasteiger partial charge is 0.140 e. The molecule has 0 unspecified atom stereocenters. The SMILES string of the molecule is Cc1ccc(-n2cnc3cc4ccccc4cc32)c(-c2nc3cc4ccccc4cc3[nH]2)c1. The highest BCUT2D eigenvalue weighted by atomic mass is 15.1. The number of nitrogens with one attached hydrogen (secondary N) is 1. The van der Waals surface area contributed by atoms with Gasteiger partial charge in [0.2, 0.25) is 0 Å². The molecule has 7 aromatic rings. The van der Waals surface area contributed by atoms with Crippen molar-refractivity contribution >= 4 is 43.6 Å². The average Bonchev–Trinajstić information content (AvgIpc) is 3.44. The summed E-state index contributed by atoms with van der Waals surface area (Å²) in [5, 5.41) is 4.80. The topological polar surface area (TPSA) is 46.5 Å². The molecule has 0 saturated carbocycles. The number of rotatable bonds is 2. The molecular formula is C29H20N4. The van der Waals surface area contributed by atoms with Gasteiger partial charge in [0, 0.05) is 5.56 Å². The highest BCUT2D eigenvalue weighted by molar-refractivity contribution is 5.98. The van der Waals surface area contributed by atoms with Gasteiger partial charge in [-0.2, -0.15) is 0 Å². The van der Waals surface area contributed by atoms with E-state index in [0.29, 0.717) is 0 Å². The Labute approximate surface area is 190 Å². The third-order valence-electron chi connectivity index (χ3n) is 6.43. The molecule has 5 aromatic carbocycles. The first-order valence-electron chi connectivity index (χ1n) is 11.1. The predicted octanol–water partition coefficient (Wildman–Crippen LogP) is 7.18. The minimum Gasteiger partial charge on any atom is -0.338 e. The Morgan fingerprint density at radius 3 is 2.12 bits per heavy atom. The number of aryl methyl sites for hydroxylation is 1. The van der Waals surface area contributed by atoms with Gasteiger partial charge >= 0.3 is 0 Å². The lowest BCUT2D eigenvalue weighted by Crippen LogP contribution is -1.97. The van der Waals surface area contributed by atoms with Gasteiger partial charge in [0.15, 0.2) is 0 Å². The second kappa shape index (κ2) is 6.78. The fourth-order valence-electron chi connectivity index (χ4n) is 4.76. The van der Waals surface area contributed by atoms with Gasteiger partial charge in [-0.3, -0.25) is 4.57 Å². The minimum absolute atomic E-state index is 0.863. The molecule has 0 atom stereocenters. The van der Waals surface area contributed by atoms with E-state index in [9.17, 15) is 0 Å². The van der Waals surface area contributed by atoms with Gasteiger partial charge in [-0.1, -0.05) is 60.2 Å². The number of fused-ring (bicyclic) bond motifs is 4.